The van der Waals surface area contributed by atoms with Crippen molar-refractivity contribution in [2.45, 2.75) is 19.9 Å². The normalized spacial score (nSPS) is 9.89. The first kappa shape index (κ1) is 12.4. The number of aliphatic hydroxyl groups is 1. The highest BCUT2D eigenvalue weighted by Gasteiger charge is 1.97. The Morgan fingerprint density at radius 2 is 2.28 bits per heavy atom. The molecule has 0 fully saturated rings. The third kappa shape index (κ3) is 3.47. The molecule has 0 saturated heterocycles. The van der Waals surface area contributed by atoms with Crippen molar-refractivity contribution in [2.24, 2.45) is 0 Å². The predicted molar refractivity (Wildman–Crippen MR) is 71.1 cm³/mol. The summed E-state index contributed by atoms with van der Waals surface area (Å²) in [4.78, 5) is 0. The summed E-state index contributed by atoms with van der Waals surface area (Å²) in [5.41, 5.74) is 3.31. The Labute approximate surface area is 107 Å². The first-order valence-electron chi connectivity index (χ1n) is 5.95. The smallest absolute Gasteiger partial charge is 0.0659 e. The maximum atomic E-state index is 8.68. The standard InChI is InChI=1S/C15H16N2O/c1-13-10-16-17(11-13)12-15-7-4-6-14(9-15)5-2-3-8-18/h4,6-7,9-11,18H,3,8,12H2,1H3. The molecule has 92 valence electrons. The summed E-state index contributed by atoms with van der Waals surface area (Å²) in [6, 6.07) is 8.09. The summed E-state index contributed by atoms with van der Waals surface area (Å²) in [5, 5.41) is 12.9. The molecule has 0 saturated carbocycles. The first-order chi connectivity index (χ1) is 8.78. The first-order valence-corrected chi connectivity index (χ1v) is 5.95. The summed E-state index contributed by atoms with van der Waals surface area (Å²) >= 11 is 0. The van der Waals surface area contributed by atoms with E-state index in [1.807, 2.05) is 36.1 Å². The molecule has 0 aliphatic heterocycles. The molecule has 1 aromatic heterocycles. The van der Waals surface area contributed by atoms with Gasteiger partial charge in [-0.25, -0.2) is 0 Å². The molecule has 2 aromatic rings. The molecular formula is C15H16N2O. The second-order valence-corrected chi connectivity index (χ2v) is 4.19. The van der Waals surface area contributed by atoms with Crippen LogP contribution in [0.3, 0.4) is 0 Å². The number of aromatic nitrogens is 2. The van der Waals surface area contributed by atoms with Gasteiger partial charge in [0.05, 0.1) is 19.3 Å². The van der Waals surface area contributed by atoms with Crippen LogP contribution in [0.4, 0.5) is 0 Å². The summed E-state index contributed by atoms with van der Waals surface area (Å²) in [6.07, 6.45) is 4.39. The van der Waals surface area contributed by atoms with Crippen molar-refractivity contribution < 1.29 is 5.11 Å². The van der Waals surface area contributed by atoms with Gasteiger partial charge in [-0.15, -0.1) is 0 Å². The molecule has 0 aliphatic rings. The van der Waals surface area contributed by atoms with Crippen molar-refractivity contribution in [1.29, 1.82) is 0 Å². The summed E-state index contributed by atoms with van der Waals surface area (Å²) < 4.78 is 1.91. The Balaban J connectivity index is 2.10. The SMILES string of the molecule is Cc1cnn(Cc2cccc(C#CCCO)c2)c1. The van der Waals surface area contributed by atoms with Crippen molar-refractivity contribution in [2.75, 3.05) is 6.61 Å². The van der Waals surface area contributed by atoms with Crippen molar-refractivity contribution in [3.05, 3.63) is 53.3 Å². The van der Waals surface area contributed by atoms with E-state index in [9.17, 15) is 0 Å². The third-order valence-corrected chi connectivity index (χ3v) is 2.50. The molecule has 0 bridgehead atoms. The molecule has 0 unspecified atom stereocenters. The minimum atomic E-state index is 0.110. The van der Waals surface area contributed by atoms with Crippen LogP contribution in [0.5, 0.6) is 0 Å². The van der Waals surface area contributed by atoms with E-state index in [0.29, 0.717) is 6.42 Å². The van der Waals surface area contributed by atoms with Gasteiger partial charge in [0.2, 0.25) is 0 Å². The molecule has 0 aliphatic carbocycles. The Morgan fingerprint density at radius 3 is 3.00 bits per heavy atom. The minimum absolute atomic E-state index is 0.110. The van der Waals surface area contributed by atoms with Gasteiger partial charge in [0, 0.05) is 18.2 Å². The number of aliphatic hydroxyl groups excluding tert-OH is 1. The Morgan fingerprint density at radius 1 is 1.39 bits per heavy atom. The molecule has 0 atom stereocenters. The summed E-state index contributed by atoms with van der Waals surface area (Å²) in [7, 11) is 0. The van der Waals surface area contributed by atoms with Gasteiger partial charge >= 0.3 is 0 Å². The number of aryl methyl sites for hydroxylation is 1. The van der Waals surface area contributed by atoms with Crippen LogP contribution in [-0.4, -0.2) is 21.5 Å². The van der Waals surface area contributed by atoms with Gasteiger partial charge in [0.25, 0.3) is 0 Å². The van der Waals surface area contributed by atoms with Crippen molar-refractivity contribution in [3.63, 3.8) is 0 Å². The molecule has 18 heavy (non-hydrogen) atoms. The molecule has 3 heteroatoms. The second kappa shape index (κ2) is 6.04. The zero-order chi connectivity index (χ0) is 12.8. The minimum Gasteiger partial charge on any atom is -0.395 e. The van der Waals surface area contributed by atoms with E-state index in [1.54, 1.807) is 0 Å². The van der Waals surface area contributed by atoms with Crippen LogP contribution in [0.25, 0.3) is 0 Å². The van der Waals surface area contributed by atoms with E-state index in [-0.39, 0.29) is 6.61 Å². The largest absolute Gasteiger partial charge is 0.395 e. The van der Waals surface area contributed by atoms with E-state index in [2.05, 4.69) is 29.1 Å². The number of benzene rings is 1. The molecule has 2 rings (SSSR count). The lowest BCUT2D eigenvalue weighted by molar-refractivity contribution is 0.305. The zero-order valence-electron chi connectivity index (χ0n) is 10.4. The van der Waals surface area contributed by atoms with Crippen LogP contribution in [0.15, 0.2) is 36.7 Å². The average Bonchev–Trinajstić information content (AvgIpc) is 2.76. The van der Waals surface area contributed by atoms with Gasteiger partial charge in [-0.05, 0) is 30.2 Å². The molecule has 0 spiro atoms. The van der Waals surface area contributed by atoms with Crippen LogP contribution in [0.2, 0.25) is 0 Å². The van der Waals surface area contributed by atoms with Crippen LogP contribution in [0.1, 0.15) is 23.1 Å². The average molecular weight is 240 g/mol. The van der Waals surface area contributed by atoms with E-state index in [4.69, 9.17) is 5.11 Å². The predicted octanol–water partition coefficient (Wildman–Crippen LogP) is 1.97. The Bertz CT molecular complexity index is 575. The lowest BCUT2D eigenvalue weighted by Gasteiger charge is -2.02. The molecule has 3 nitrogen and oxygen atoms in total. The summed E-state index contributed by atoms with van der Waals surface area (Å²) in [6.45, 7) is 2.89. The maximum absolute atomic E-state index is 8.68. The highest BCUT2D eigenvalue weighted by Crippen LogP contribution is 2.07. The summed E-state index contributed by atoms with van der Waals surface area (Å²) in [5.74, 6) is 5.96. The van der Waals surface area contributed by atoms with E-state index < -0.39 is 0 Å². The van der Waals surface area contributed by atoms with Crippen molar-refractivity contribution in [1.82, 2.24) is 9.78 Å². The van der Waals surface area contributed by atoms with Crippen LogP contribution in [0, 0.1) is 18.8 Å². The lowest BCUT2D eigenvalue weighted by Crippen LogP contribution is -1.99. The third-order valence-electron chi connectivity index (χ3n) is 2.50. The van der Waals surface area contributed by atoms with E-state index >= 15 is 0 Å². The van der Waals surface area contributed by atoms with Crippen molar-refractivity contribution >= 4 is 0 Å². The highest BCUT2D eigenvalue weighted by atomic mass is 16.2. The van der Waals surface area contributed by atoms with Crippen LogP contribution in [-0.2, 0) is 6.54 Å². The van der Waals surface area contributed by atoms with Crippen LogP contribution < -0.4 is 0 Å². The molecule has 1 heterocycles. The number of rotatable bonds is 3. The Hall–Kier alpha value is -2.05. The van der Waals surface area contributed by atoms with E-state index in [0.717, 1.165) is 17.7 Å². The quantitative estimate of drug-likeness (QED) is 0.833. The fourth-order valence-corrected chi connectivity index (χ4v) is 1.71. The van der Waals surface area contributed by atoms with Crippen LogP contribution >= 0.6 is 0 Å². The fraction of sp³-hybridized carbons (Fsp3) is 0.267. The molecular weight excluding hydrogens is 224 g/mol. The Kier molecular flexibility index (Phi) is 4.16. The lowest BCUT2D eigenvalue weighted by atomic mass is 10.1. The number of hydrogen-bond donors (Lipinski definition) is 1. The highest BCUT2D eigenvalue weighted by molar-refractivity contribution is 5.37. The monoisotopic (exact) mass is 240 g/mol. The van der Waals surface area contributed by atoms with Gasteiger partial charge in [-0.3, -0.25) is 4.68 Å². The van der Waals surface area contributed by atoms with Gasteiger partial charge in [0.1, 0.15) is 0 Å². The van der Waals surface area contributed by atoms with E-state index in [1.165, 1.54) is 5.56 Å². The van der Waals surface area contributed by atoms with Crippen molar-refractivity contribution in [3.8, 4) is 11.8 Å². The second-order valence-electron chi connectivity index (χ2n) is 4.19. The zero-order valence-corrected chi connectivity index (χ0v) is 10.4. The molecule has 1 aromatic carbocycles. The van der Waals surface area contributed by atoms with Gasteiger partial charge < -0.3 is 5.11 Å². The maximum Gasteiger partial charge on any atom is 0.0659 e. The molecule has 0 amide bonds. The fourth-order valence-electron chi connectivity index (χ4n) is 1.71. The number of nitrogens with zero attached hydrogens (tertiary/aromatic N) is 2. The molecule has 0 radical (unpaired) electrons. The number of hydrogen-bond acceptors (Lipinski definition) is 2. The topological polar surface area (TPSA) is 38.0 Å². The van der Waals surface area contributed by atoms with Gasteiger partial charge in [-0.1, -0.05) is 24.0 Å². The van der Waals surface area contributed by atoms with Gasteiger partial charge in [0.15, 0.2) is 0 Å². The molecule has 1 N–H and O–H groups in total. The van der Waals surface area contributed by atoms with Gasteiger partial charge in [-0.2, -0.15) is 5.10 Å².